The molecule has 3 aromatic rings. The van der Waals surface area contributed by atoms with Crippen molar-refractivity contribution in [3.05, 3.63) is 58.7 Å². The molecule has 0 unspecified atom stereocenters. The smallest absolute Gasteiger partial charge is 0.130 e. The first-order valence-corrected chi connectivity index (χ1v) is 8.01. The number of hydrogen-bond acceptors (Lipinski definition) is 6. The summed E-state index contributed by atoms with van der Waals surface area (Å²) in [7, 11) is 0. The van der Waals surface area contributed by atoms with Gasteiger partial charge in [-0.05, 0) is 25.1 Å². The summed E-state index contributed by atoms with van der Waals surface area (Å²) in [4.78, 5) is 9.91. The van der Waals surface area contributed by atoms with Gasteiger partial charge in [0, 0.05) is 46.3 Å². The molecular formula is C17H17N5S. The summed E-state index contributed by atoms with van der Waals surface area (Å²) in [5, 5.41) is 11.8. The number of nitrogens with two attached hydrogens (primary N) is 1. The molecule has 0 spiro atoms. The fraction of sp³-hybridized carbons (Fsp3) is 0.118. The second-order valence-corrected chi connectivity index (χ2v) is 6.19. The van der Waals surface area contributed by atoms with Gasteiger partial charge in [0.1, 0.15) is 10.8 Å². The third kappa shape index (κ3) is 3.44. The summed E-state index contributed by atoms with van der Waals surface area (Å²) in [6.45, 7) is 2.44. The van der Waals surface area contributed by atoms with Crippen LogP contribution in [0.25, 0.3) is 10.6 Å². The minimum atomic E-state index is 0.495. The molecule has 5 nitrogen and oxygen atoms in total. The Morgan fingerprint density at radius 1 is 1.30 bits per heavy atom. The van der Waals surface area contributed by atoms with Crippen molar-refractivity contribution in [3.8, 4) is 10.6 Å². The lowest BCUT2D eigenvalue weighted by atomic mass is 10.1. The number of aromatic nitrogens is 2. The Morgan fingerprint density at radius 2 is 2.17 bits per heavy atom. The van der Waals surface area contributed by atoms with Gasteiger partial charge in [-0.3, -0.25) is 0 Å². The van der Waals surface area contributed by atoms with E-state index in [1.54, 1.807) is 17.5 Å². The highest BCUT2D eigenvalue weighted by atomic mass is 32.1. The Morgan fingerprint density at radius 3 is 2.87 bits per heavy atom. The average molecular weight is 323 g/mol. The normalized spacial score (nSPS) is 10.5. The Hall–Kier alpha value is -2.57. The van der Waals surface area contributed by atoms with E-state index in [4.69, 9.17) is 11.1 Å². The predicted octanol–water partition coefficient (Wildman–Crippen LogP) is 3.71. The molecule has 0 bridgehead atoms. The molecule has 0 aliphatic rings. The van der Waals surface area contributed by atoms with Crippen LogP contribution in [0, 0.1) is 12.3 Å². The third-order valence-corrected chi connectivity index (χ3v) is 4.43. The summed E-state index contributed by atoms with van der Waals surface area (Å²) in [6.07, 6.45) is 3.13. The molecule has 116 valence electrons. The van der Waals surface area contributed by atoms with E-state index < -0.39 is 0 Å². The van der Waals surface area contributed by atoms with E-state index in [0.29, 0.717) is 6.54 Å². The van der Waals surface area contributed by atoms with Crippen LogP contribution in [0.2, 0.25) is 0 Å². The van der Waals surface area contributed by atoms with E-state index in [1.807, 2.05) is 43.3 Å². The summed E-state index contributed by atoms with van der Waals surface area (Å²) >= 11 is 1.58. The minimum Gasteiger partial charge on any atom is -0.340 e. The molecule has 23 heavy (non-hydrogen) atoms. The summed E-state index contributed by atoms with van der Waals surface area (Å²) in [5.74, 6) is 0.757. The van der Waals surface area contributed by atoms with Gasteiger partial charge in [-0.15, -0.1) is 11.3 Å². The van der Waals surface area contributed by atoms with Gasteiger partial charge in [-0.1, -0.05) is 18.2 Å². The van der Waals surface area contributed by atoms with Crippen LogP contribution < -0.4 is 11.1 Å². The lowest BCUT2D eigenvalue weighted by Crippen LogP contribution is -1.98. The summed E-state index contributed by atoms with van der Waals surface area (Å²) in [5.41, 5.74) is 9.22. The topological polar surface area (TPSA) is 87.7 Å². The molecule has 0 radical (unpaired) electrons. The maximum Gasteiger partial charge on any atom is 0.130 e. The zero-order valence-electron chi connectivity index (χ0n) is 12.7. The lowest BCUT2D eigenvalue weighted by Gasteiger charge is -2.10. The number of nitrogens with one attached hydrogen (secondary N) is 2. The Kier molecular flexibility index (Phi) is 4.45. The van der Waals surface area contributed by atoms with Crippen LogP contribution >= 0.6 is 11.3 Å². The first kappa shape index (κ1) is 15.3. The van der Waals surface area contributed by atoms with Crippen LogP contribution in [0.15, 0.2) is 42.6 Å². The number of hydrogen-bond donors (Lipinski definition) is 3. The van der Waals surface area contributed by atoms with Gasteiger partial charge in [0.2, 0.25) is 0 Å². The number of rotatable bonds is 5. The predicted molar refractivity (Wildman–Crippen MR) is 95.6 cm³/mol. The van der Waals surface area contributed by atoms with Crippen molar-refractivity contribution in [3.63, 3.8) is 0 Å². The van der Waals surface area contributed by atoms with E-state index in [2.05, 4.69) is 15.3 Å². The molecule has 0 saturated heterocycles. The molecule has 2 heterocycles. The highest BCUT2D eigenvalue weighted by molar-refractivity contribution is 7.15. The van der Waals surface area contributed by atoms with Crippen LogP contribution in [-0.2, 0) is 6.54 Å². The van der Waals surface area contributed by atoms with Crippen molar-refractivity contribution in [2.24, 2.45) is 5.73 Å². The molecule has 3 rings (SSSR count). The highest BCUT2D eigenvalue weighted by Crippen LogP contribution is 2.29. The maximum atomic E-state index is 7.59. The van der Waals surface area contributed by atoms with Gasteiger partial charge in [0.25, 0.3) is 0 Å². The summed E-state index contributed by atoms with van der Waals surface area (Å²) in [6, 6.07) is 11.7. The second-order valence-electron chi connectivity index (χ2n) is 5.07. The van der Waals surface area contributed by atoms with Crippen molar-refractivity contribution in [1.82, 2.24) is 9.97 Å². The molecule has 0 amide bonds. The number of thiazole rings is 1. The van der Waals surface area contributed by atoms with Crippen LogP contribution in [0.4, 0.5) is 11.5 Å². The largest absolute Gasteiger partial charge is 0.340 e. The molecule has 0 aliphatic heterocycles. The quantitative estimate of drug-likeness (QED) is 0.625. The number of pyridine rings is 1. The lowest BCUT2D eigenvalue weighted by molar-refractivity contribution is 1.10. The molecule has 4 N–H and O–H groups in total. The van der Waals surface area contributed by atoms with Crippen molar-refractivity contribution in [2.45, 2.75) is 13.5 Å². The first-order chi connectivity index (χ1) is 11.2. The summed E-state index contributed by atoms with van der Waals surface area (Å²) < 4.78 is 0. The molecule has 2 aromatic heterocycles. The molecule has 0 fully saturated rings. The Labute approximate surface area is 138 Å². The van der Waals surface area contributed by atoms with Crippen LogP contribution in [0.3, 0.4) is 0 Å². The van der Waals surface area contributed by atoms with Crippen molar-refractivity contribution < 1.29 is 0 Å². The van der Waals surface area contributed by atoms with E-state index in [0.717, 1.165) is 38.2 Å². The monoisotopic (exact) mass is 323 g/mol. The van der Waals surface area contributed by atoms with Gasteiger partial charge < -0.3 is 16.5 Å². The van der Waals surface area contributed by atoms with E-state index in [9.17, 15) is 0 Å². The van der Waals surface area contributed by atoms with E-state index >= 15 is 0 Å². The van der Waals surface area contributed by atoms with Gasteiger partial charge in [0.15, 0.2) is 0 Å². The molecule has 1 aromatic carbocycles. The Bertz CT molecular complexity index is 841. The number of benzene rings is 1. The third-order valence-electron chi connectivity index (χ3n) is 3.36. The van der Waals surface area contributed by atoms with Crippen LogP contribution in [0.5, 0.6) is 0 Å². The van der Waals surface area contributed by atoms with E-state index in [-0.39, 0.29) is 0 Å². The van der Waals surface area contributed by atoms with Crippen LogP contribution in [-0.4, -0.2) is 16.2 Å². The zero-order chi connectivity index (χ0) is 16.2. The average Bonchev–Trinajstić information content (AvgIpc) is 3.04. The van der Waals surface area contributed by atoms with Gasteiger partial charge in [-0.25, -0.2) is 9.97 Å². The van der Waals surface area contributed by atoms with Gasteiger partial charge in [0.05, 0.1) is 0 Å². The fourth-order valence-electron chi connectivity index (χ4n) is 2.21. The van der Waals surface area contributed by atoms with Crippen molar-refractivity contribution in [2.75, 3.05) is 5.32 Å². The molecular weight excluding hydrogens is 306 g/mol. The van der Waals surface area contributed by atoms with E-state index in [1.165, 1.54) is 6.21 Å². The zero-order valence-corrected chi connectivity index (χ0v) is 13.5. The molecule has 0 aliphatic carbocycles. The molecule has 0 atom stereocenters. The maximum absolute atomic E-state index is 7.59. The van der Waals surface area contributed by atoms with Crippen molar-refractivity contribution in [1.29, 1.82) is 5.41 Å². The number of aryl methyl sites for hydroxylation is 1. The first-order valence-electron chi connectivity index (χ1n) is 7.20. The minimum absolute atomic E-state index is 0.495. The molecule has 0 saturated carbocycles. The fourth-order valence-corrected chi connectivity index (χ4v) is 3.00. The number of nitrogens with zero attached hydrogens (tertiary/aromatic N) is 2. The number of anilines is 2. The van der Waals surface area contributed by atoms with Crippen molar-refractivity contribution >= 4 is 29.1 Å². The Balaban J connectivity index is 1.97. The second kappa shape index (κ2) is 6.68. The molecule has 6 heteroatoms. The van der Waals surface area contributed by atoms with Gasteiger partial charge in [-0.2, -0.15) is 0 Å². The van der Waals surface area contributed by atoms with Gasteiger partial charge >= 0.3 is 0 Å². The highest BCUT2D eigenvalue weighted by Gasteiger charge is 2.08. The van der Waals surface area contributed by atoms with Crippen LogP contribution in [0.1, 0.15) is 16.1 Å². The SMILES string of the molecule is Cc1cccc(Nc2cc(-c3ncc(CN)s3)ccc2C=N)n1. The standard InChI is InChI=1S/C17H17N5S/c1-11-3-2-4-16(21-11)22-15-7-12(5-6-13(15)8-18)17-20-10-14(9-19)23-17/h2-8,10,18H,9,19H2,1H3,(H,21,22).